The first-order valence-electron chi connectivity index (χ1n) is 12.0. The van der Waals surface area contributed by atoms with Crippen molar-refractivity contribution in [3.8, 4) is 17.2 Å². The van der Waals surface area contributed by atoms with Gasteiger partial charge in [0.15, 0.2) is 5.11 Å². The molecular formula is C29H29ClN4O2S. The van der Waals surface area contributed by atoms with Gasteiger partial charge in [-0.25, -0.2) is 0 Å². The summed E-state index contributed by atoms with van der Waals surface area (Å²) in [5, 5.41) is 4.85. The van der Waals surface area contributed by atoms with E-state index in [-0.39, 0.29) is 12.1 Å². The molecule has 2 aromatic heterocycles. The monoisotopic (exact) mass is 532 g/mol. The van der Waals surface area contributed by atoms with Crippen molar-refractivity contribution in [2.45, 2.75) is 32.9 Å². The van der Waals surface area contributed by atoms with Crippen LogP contribution in [0.3, 0.4) is 0 Å². The maximum absolute atomic E-state index is 6.41. The molecule has 190 valence electrons. The molecule has 1 aliphatic heterocycles. The fourth-order valence-corrected chi connectivity index (χ4v) is 5.70. The van der Waals surface area contributed by atoms with E-state index in [0.29, 0.717) is 21.6 Å². The standard InChI is InChI=1S/C29H29ClN4O2S/c1-17-9-10-20(30)15-25(17)33-18(2)14-22(19(33)3)28-27(23-8-6-7-13-31-23)32-29(37)34(28)24-12-11-21(35-4)16-26(24)36-5/h6-16,27-28H,1-5H3,(H,32,37). The number of methoxy groups -OCH3 is 2. The molecule has 3 heterocycles. The van der Waals surface area contributed by atoms with Gasteiger partial charge in [0.25, 0.3) is 0 Å². The molecule has 0 bridgehead atoms. The molecule has 2 atom stereocenters. The van der Waals surface area contributed by atoms with Crippen LogP contribution in [0.5, 0.6) is 11.5 Å². The van der Waals surface area contributed by atoms with Crippen molar-refractivity contribution in [1.82, 2.24) is 14.9 Å². The quantitative estimate of drug-likeness (QED) is 0.281. The molecule has 0 amide bonds. The first kappa shape index (κ1) is 25.1. The van der Waals surface area contributed by atoms with Crippen molar-refractivity contribution in [2.75, 3.05) is 19.1 Å². The zero-order chi connectivity index (χ0) is 26.3. The molecule has 5 rings (SSSR count). The van der Waals surface area contributed by atoms with Crippen LogP contribution in [0.4, 0.5) is 5.69 Å². The molecule has 37 heavy (non-hydrogen) atoms. The van der Waals surface area contributed by atoms with Gasteiger partial charge in [-0.05, 0) is 86.6 Å². The summed E-state index contributed by atoms with van der Waals surface area (Å²) in [6.45, 7) is 6.36. The fourth-order valence-electron chi connectivity index (χ4n) is 5.20. The van der Waals surface area contributed by atoms with Gasteiger partial charge in [-0.3, -0.25) is 4.98 Å². The Morgan fingerprint density at radius 3 is 2.46 bits per heavy atom. The van der Waals surface area contributed by atoms with Crippen LogP contribution in [0.15, 0.2) is 66.9 Å². The van der Waals surface area contributed by atoms with Gasteiger partial charge >= 0.3 is 0 Å². The van der Waals surface area contributed by atoms with Crippen LogP contribution < -0.4 is 19.7 Å². The summed E-state index contributed by atoms with van der Waals surface area (Å²) >= 11 is 12.3. The number of anilines is 1. The average Bonchev–Trinajstić information content (AvgIpc) is 3.40. The predicted molar refractivity (Wildman–Crippen MR) is 152 cm³/mol. The van der Waals surface area contributed by atoms with Crippen LogP contribution in [-0.4, -0.2) is 28.9 Å². The number of ether oxygens (including phenoxy) is 2. The summed E-state index contributed by atoms with van der Waals surface area (Å²) in [4.78, 5) is 6.82. The Bertz CT molecular complexity index is 1470. The lowest BCUT2D eigenvalue weighted by molar-refractivity contribution is 0.394. The highest BCUT2D eigenvalue weighted by Crippen LogP contribution is 2.47. The summed E-state index contributed by atoms with van der Waals surface area (Å²) < 4.78 is 13.5. The Balaban J connectivity index is 1.72. The molecule has 0 radical (unpaired) electrons. The van der Waals surface area contributed by atoms with E-state index in [1.165, 1.54) is 0 Å². The van der Waals surface area contributed by atoms with Crippen molar-refractivity contribution in [3.63, 3.8) is 0 Å². The Labute approximate surface area is 227 Å². The number of pyridine rings is 1. The summed E-state index contributed by atoms with van der Waals surface area (Å²) in [6, 6.07) is 19.6. The SMILES string of the molecule is COc1ccc(N2C(=S)NC(c3ccccn3)C2c2cc(C)n(-c3cc(Cl)ccc3C)c2C)c(OC)c1. The van der Waals surface area contributed by atoms with Crippen LogP contribution in [-0.2, 0) is 0 Å². The summed E-state index contributed by atoms with van der Waals surface area (Å²) in [7, 11) is 3.30. The maximum Gasteiger partial charge on any atom is 0.174 e. The Morgan fingerprint density at radius 1 is 0.946 bits per heavy atom. The lowest BCUT2D eigenvalue weighted by Gasteiger charge is -2.29. The van der Waals surface area contributed by atoms with E-state index in [1.54, 1.807) is 14.2 Å². The molecule has 4 aromatic rings. The first-order chi connectivity index (χ1) is 17.8. The highest BCUT2D eigenvalue weighted by atomic mass is 35.5. The summed E-state index contributed by atoms with van der Waals surface area (Å²) in [6.07, 6.45) is 1.81. The Morgan fingerprint density at radius 2 is 1.76 bits per heavy atom. The molecule has 6 nitrogen and oxygen atoms in total. The molecule has 1 saturated heterocycles. The predicted octanol–water partition coefficient (Wildman–Crippen LogP) is 6.65. The van der Waals surface area contributed by atoms with Crippen molar-refractivity contribution in [3.05, 3.63) is 100 Å². The zero-order valence-corrected chi connectivity index (χ0v) is 23.0. The van der Waals surface area contributed by atoms with Crippen LogP contribution in [0.2, 0.25) is 5.02 Å². The minimum absolute atomic E-state index is 0.171. The van der Waals surface area contributed by atoms with E-state index in [1.807, 2.05) is 60.8 Å². The smallest absolute Gasteiger partial charge is 0.174 e. The van der Waals surface area contributed by atoms with E-state index in [0.717, 1.165) is 39.6 Å². The third-order valence-corrected chi connectivity index (χ3v) is 7.50. The van der Waals surface area contributed by atoms with E-state index >= 15 is 0 Å². The number of nitrogens with one attached hydrogen (secondary N) is 1. The van der Waals surface area contributed by atoms with Crippen molar-refractivity contribution in [2.24, 2.45) is 0 Å². The molecule has 0 saturated carbocycles. The van der Waals surface area contributed by atoms with Crippen LogP contribution in [0, 0.1) is 20.8 Å². The summed E-state index contributed by atoms with van der Waals surface area (Å²) in [5.41, 5.74) is 7.33. The van der Waals surface area contributed by atoms with Crippen molar-refractivity contribution < 1.29 is 9.47 Å². The molecule has 2 aromatic carbocycles. The highest BCUT2D eigenvalue weighted by Gasteiger charge is 2.43. The number of hydrogen-bond donors (Lipinski definition) is 1. The number of thiocarbonyl (C=S) groups is 1. The molecule has 1 fully saturated rings. The highest BCUT2D eigenvalue weighted by molar-refractivity contribution is 7.80. The first-order valence-corrected chi connectivity index (χ1v) is 12.8. The number of halogens is 1. The minimum Gasteiger partial charge on any atom is -0.497 e. The number of benzene rings is 2. The lowest BCUT2D eigenvalue weighted by Crippen LogP contribution is -2.30. The molecule has 1 N–H and O–H groups in total. The topological polar surface area (TPSA) is 51.5 Å². The molecule has 8 heteroatoms. The maximum atomic E-state index is 6.41. The minimum atomic E-state index is -0.177. The second-order valence-electron chi connectivity index (χ2n) is 9.13. The fraction of sp³-hybridized carbons (Fsp3) is 0.241. The number of aromatic nitrogens is 2. The molecule has 2 unspecified atom stereocenters. The van der Waals surface area contributed by atoms with Gasteiger partial charge in [-0.2, -0.15) is 0 Å². The van der Waals surface area contributed by atoms with Crippen LogP contribution in [0.1, 0.15) is 40.3 Å². The third-order valence-electron chi connectivity index (χ3n) is 6.95. The van der Waals surface area contributed by atoms with Gasteiger partial charge < -0.3 is 24.3 Å². The van der Waals surface area contributed by atoms with Gasteiger partial charge in [0, 0.05) is 34.4 Å². The van der Waals surface area contributed by atoms with Crippen molar-refractivity contribution >= 4 is 34.6 Å². The number of rotatable bonds is 6. The lowest BCUT2D eigenvalue weighted by atomic mass is 9.96. The second kappa shape index (κ2) is 10.1. The largest absolute Gasteiger partial charge is 0.497 e. The average molecular weight is 533 g/mol. The van der Waals surface area contributed by atoms with Crippen LogP contribution in [0.25, 0.3) is 5.69 Å². The van der Waals surface area contributed by atoms with E-state index in [4.69, 9.17) is 33.3 Å². The number of nitrogens with zero attached hydrogens (tertiary/aromatic N) is 3. The van der Waals surface area contributed by atoms with Gasteiger partial charge in [0.05, 0.1) is 37.7 Å². The van der Waals surface area contributed by atoms with Gasteiger partial charge in [0.1, 0.15) is 11.5 Å². The van der Waals surface area contributed by atoms with E-state index in [2.05, 4.69) is 46.6 Å². The zero-order valence-electron chi connectivity index (χ0n) is 21.4. The van der Waals surface area contributed by atoms with Gasteiger partial charge in [-0.1, -0.05) is 23.7 Å². The molecule has 0 aliphatic carbocycles. The van der Waals surface area contributed by atoms with Crippen molar-refractivity contribution in [1.29, 1.82) is 0 Å². The van der Waals surface area contributed by atoms with Gasteiger partial charge in [0.2, 0.25) is 0 Å². The summed E-state index contributed by atoms with van der Waals surface area (Å²) in [5.74, 6) is 1.39. The second-order valence-corrected chi connectivity index (χ2v) is 9.95. The Kier molecular flexibility index (Phi) is 6.84. The normalized spacial score (nSPS) is 17.1. The molecule has 0 spiro atoms. The molecule has 1 aliphatic rings. The number of aryl methyl sites for hydroxylation is 2. The van der Waals surface area contributed by atoms with Gasteiger partial charge in [-0.15, -0.1) is 0 Å². The Hall–Kier alpha value is -3.55. The third kappa shape index (κ3) is 4.43. The van der Waals surface area contributed by atoms with E-state index in [9.17, 15) is 0 Å². The number of hydrogen-bond acceptors (Lipinski definition) is 4. The molecular weight excluding hydrogens is 504 g/mol. The van der Waals surface area contributed by atoms with Crippen LogP contribution >= 0.6 is 23.8 Å². The van der Waals surface area contributed by atoms with E-state index < -0.39 is 0 Å².